The highest BCUT2D eigenvalue weighted by molar-refractivity contribution is 5.89. The Hall–Kier alpha value is -2.72. The van der Waals surface area contributed by atoms with E-state index in [-0.39, 0.29) is 11.2 Å². The van der Waals surface area contributed by atoms with Crippen LogP contribution in [0, 0.1) is 22.7 Å². The molecule has 0 bridgehead atoms. The number of hydrogen-bond acceptors (Lipinski definition) is 4. The fourth-order valence-electron chi connectivity index (χ4n) is 2.31. The Bertz CT molecular complexity index is 784. The predicted octanol–water partition coefficient (Wildman–Crippen LogP) is 4.94. The third-order valence-electron chi connectivity index (χ3n) is 3.11. The molecule has 4 nitrogen and oxygen atoms in total. The fourth-order valence-corrected chi connectivity index (χ4v) is 2.31. The van der Waals surface area contributed by atoms with Gasteiger partial charge in [-0.15, -0.1) is 0 Å². The van der Waals surface area contributed by atoms with Gasteiger partial charge >= 0.3 is 0 Å². The normalized spacial score (nSPS) is 11.7. The first kappa shape index (κ1) is 17.6. The lowest BCUT2D eigenvalue weighted by Gasteiger charge is -2.27. The van der Waals surface area contributed by atoms with Gasteiger partial charge in [-0.25, -0.2) is 0 Å². The van der Waals surface area contributed by atoms with Crippen LogP contribution in [-0.4, -0.2) is 11.2 Å². The van der Waals surface area contributed by atoms with E-state index >= 15 is 0 Å². The summed E-state index contributed by atoms with van der Waals surface area (Å²) in [6.07, 6.45) is 0. The first-order chi connectivity index (χ1) is 11.0. The molecule has 0 spiro atoms. The Labute approximate surface area is 143 Å². The van der Waals surface area contributed by atoms with E-state index < -0.39 is 0 Å². The SMILES string of the molecule is CC(C)(C)Oc1cc2cc(C#N)c(C#N)cc2cc1OC(C)(C)C. The molecule has 0 unspecified atom stereocenters. The maximum absolute atomic E-state index is 9.22. The van der Waals surface area contributed by atoms with Crippen molar-refractivity contribution in [3.63, 3.8) is 0 Å². The molecule has 0 heterocycles. The molecule has 0 aliphatic rings. The molecule has 2 aromatic rings. The summed E-state index contributed by atoms with van der Waals surface area (Å²) >= 11 is 0. The number of hydrogen-bond donors (Lipinski definition) is 0. The molecule has 2 rings (SSSR count). The maximum atomic E-state index is 9.22. The lowest BCUT2D eigenvalue weighted by atomic mass is 10.0. The van der Waals surface area contributed by atoms with E-state index in [4.69, 9.17) is 9.47 Å². The molecule has 0 atom stereocenters. The van der Waals surface area contributed by atoms with Crippen LogP contribution in [-0.2, 0) is 0 Å². The quantitative estimate of drug-likeness (QED) is 0.785. The Morgan fingerprint density at radius 1 is 0.667 bits per heavy atom. The molecule has 0 fully saturated rings. The van der Waals surface area contributed by atoms with E-state index in [1.807, 2.05) is 53.7 Å². The molecule has 0 aliphatic heterocycles. The van der Waals surface area contributed by atoms with Gasteiger partial charge in [0.05, 0.1) is 11.1 Å². The minimum Gasteiger partial charge on any atom is -0.484 e. The summed E-state index contributed by atoms with van der Waals surface area (Å²) in [5.41, 5.74) is -0.0461. The summed E-state index contributed by atoms with van der Waals surface area (Å²) in [7, 11) is 0. The molecule has 0 aromatic heterocycles. The average molecular weight is 322 g/mol. The van der Waals surface area contributed by atoms with Crippen LogP contribution >= 0.6 is 0 Å². The van der Waals surface area contributed by atoms with Crippen molar-refractivity contribution in [1.29, 1.82) is 10.5 Å². The summed E-state index contributed by atoms with van der Waals surface area (Å²) < 4.78 is 12.1. The molecule has 0 amide bonds. The Kier molecular flexibility index (Phi) is 4.45. The summed E-state index contributed by atoms with van der Waals surface area (Å²) in [4.78, 5) is 0. The monoisotopic (exact) mass is 322 g/mol. The first-order valence-corrected chi connectivity index (χ1v) is 7.82. The predicted molar refractivity (Wildman–Crippen MR) is 94.1 cm³/mol. The van der Waals surface area contributed by atoms with Gasteiger partial charge in [-0.05, 0) is 76.6 Å². The van der Waals surface area contributed by atoms with E-state index in [9.17, 15) is 10.5 Å². The average Bonchev–Trinajstić information content (AvgIpc) is 2.43. The smallest absolute Gasteiger partial charge is 0.162 e. The summed E-state index contributed by atoms with van der Waals surface area (Å²) in [5.74, 6) is 1.25. The van der Waals surface area contributed by atoms with Gasteiger partial charge in [0.15, 0.2) is 11.5 Å². The fraction of sp³-hybridized carbons (Fsp3) is 0.400. The van der Waals surface area contributed by atoms with Crippen LogP contribution in [0.2, 0.25) is 0 Å². The van der Waals surface area contributed by atoms with Crippen molar-refractivity contribution in [3.05, 3.63) is 35.4 Å². The maximum Gasteiger partial charge on any atom is 0.162 e. The number of nitrogens with zero attached hydrogens (tertiary/aromatic N) is 2. The Morgan fingerprint density at radius 2 is 1.00 bits per heavy atom. The van der Waals surface area contributed by atoms with Gasteiger partial charge in [-0.1, -0.05) is 0 Å². The highest BCUT2D eigenvalue weighted by Crippen LogP contribution is 2.37. The minimum absolute atomic E-state index is 0.358. The highest BCUT2D eigenvalue weighted by atomic mass is 16.5. The van der Waals surface area contributed by atoms with Gasteiger partial charge in [-0.3, -0.25) is 0 Å². The van der Waals surface area contributed by atoms with E-state index in [2.05, 4.69) is 12.1 Å². The zero-order valence-corrected chi connectivity index (χ0v) is 15.0. The van der Waals surface area contributed by atoms with Gasteiger partial charge < -0.3 is 9.47 Å². The first-order valence-electron chi connectivity index (χ1n) is 7.82. The Balaban J connectivity index is 2.70. The van der Waals surface area contributed by atoms with Crippen molar-refractivity contribution in [2.75, 3.05) is 0 Å². The van der Waals surface area contributed by atoms with Crippen molar-refractivity contribution in [2.45, 2.75) is 52.7 Å². The molecule has 2 aromatic carbocycles. The van der Waals surface area contributed by atoms with E-state index in [1.165, 1.54) is 0 Å². The van der Waals surface area contributed by atoms with Crippen molar-refractivity contribution in [2.24, 2.45) is 0 Å². The molecule has 0 N–H and O–H groups in total. The van der Waals surface area contributed by atoms with Crippen LogP contribution in [0.1, 0.15) is 52.7 Å². The van der Waals surface area contributed by atoms with Gasteiger partial charge in [0, 0.05) is 0 Å². The number of benzene rings is 2. The molecular formula is C20H22N2O2. The van der Waals surface area contributed by atoms with Gasteiger partial charge in [0.1, 0.15) is 23.3 Å². The van der Waals surface area contributed by atoms with Crippen molar-refractivity contribution in [1.82, 2.24) is 0 Å². The number of fused-ring (bicyclic) bond motifs is 1. The number of rotatable bonds is 2. The van der Waals surface area contributed by atoms with Gasteiger partial charge in [0.25, 0.3) is 0 Å². The third kappa shape index (κ3) is 4.18. The van der Waals surface area contributed by atoms with Crippen LogP contribution in [0.25, 0.3) is 10.8 Å². The molecule has 0 saturated carbocycles. The molecule has 0 aliphatic carbocycles. The lowest BCUT2D eigenvalue weighted by Crippen LogP contribution is -2.26. The van der Waals surface area contributed by atoms with E-state index in [1.54, 1.807) is 12.1 Å². The van der Waals surface area contributed by atoms with E-state index in [0.717, 1.165) is 10.8 Å². The van der Waals surface area contributed by atoms with Crippen LogP contribution in [0.15, 0.2) is 24.3 Å². The molecule has 0 saturated heterocycles. The number of nitriles is 2. The van der Waals surface area contributed by atoms with Crippen molar-refractivity contribution in [3.8, 4) is 23.6 Å². The molecule has 0 radical (unpaired) electrons. The molecule has 4 heteroatoms. The summed E-state index contributed by atoms with van der Waals surface area (Å²) in [6.45, 7) is 11.8. The second-order valence-corrected chi connectivity index (χ2v) is 7.70. The zero-order valence-electron chi connectivity index (χ0n) is 15.0. The molecule has 24 heavy (non-hydrogen) atoms. The standard InChI is InChI=1S/C20H22N2O2/c1-19(2,3)23-17-9-13-7-15(11-21)16(12-22)8-14(13)10-18(17)24-20(4,5)6/h7-10H,1-6H3. The second-order valence-electron chi connectivity index (χ2n) is 7.70. The highest BCUT2D eigenvalue weighted by Gasteiger charge is 2.21. The Morgan fingerprint density at radius 3 is 1.25 bits per heavy atom. The van der Waals surface area contributed by atoms with Crippen LogP contribution in [0.5, 0.6) is 11.5 Å². The van der Waals surface area contributed by atoms with Crippen LogP contribution < -0.4 is 9.47 Å². The summed E-state index contributed by atoms with van der Waals surface area (Å²) in [5, 5.41) is 20.1. The van der Waals surface area contributed by atoms with Crippen LogP contribution in [0.4, 0.5) is 0 Å². The molecule has 124 valence electrons. The van der Waals surface area contributed by atoms with Crippen LogP contribution in [0.3, 0.4) is 0 Å². The van der Waals surface area contributed by atoms with Gasteiger partial charge in [-0.2, -0.15) is 10.5 Å². The van der Waals surface area contributed by atoms with E-state index in [0.29, 0.717) is 22.6 Å². The van der Waals surface area contributed by atoms with Gasteiger partial charge in [0.2, 0.25) is 0 Å². The minimum atomic E-state index is -0.381. The number of ether oxygens (including phenoxy) is 2. The van der Waals surface area contributed by atoms with Crippen molar-refractivity contribution >= 4 is 10.8 Å². The van der Waals surface area contributed by atoms with Crippen molar-refractivity contribution < 1.29 is 9.47 Å². The molecular weight excluding hydrogens is 300 g/mol. The summed E-state index contributed by atoms with van der Waals surface area (Å²) in [6, 6.07) is 11.3. The zero-order chi connectivity index (χ0) is 18.1. The third-order valence-corrected chi connectivity index (χ3v) is 3.11. The largest absolute Gasteiger partial charge is 0.484 e. The lowest BCUT2D eigenvalue weighted by molar-refractivity contribution is 0.0961. The second kappa shape index (κ2) is 6.06. The topological polar surface area (TPSA) is 66.0 Å².